The van der Waals surface area contributed by atoms with Crippen LogP contribution in [0, 0.1) is 5.92 Å². The van der Waals surface area contributed by atoms with Crippen LogP contribution in [0.4, 0.5) is 0 Å². The molecule has 1 atom stereocenters. The summed E-state index contributed by atoms with van der Waals surface area (Å²) in [6, 6.07) is 1.03. The predicted octanol–water partition coefficient (Wildman–Crippen LogP) is 4.77. The number of rotatable bonds is 12. The van der Waals surface area contributed by atoms with Crippen molar-refractivity contribution < 1.29 is 29.4 Å². The molecule has 1 aliphatic heterocycles. The number of hydrogen-bond donors (Lipinski definition) is 2. The number of likely N-dealkylation sites (tertiary alicyclic amines) is 1. The maximum atomic E-state index is 13.0. The monoisotopic (exact) mass is 504 g/mol. The normalized spacial score (nSPS) is 17.5. The highest BCUT2D eigenvalue weighted by atomic mass is 35.5. The molecular formula is C26H33ClN2O6. The van der Waals surface area contributed by atoms with Gasteiger partial charge in [0.05, 0.1) is 23.4 Å². The number of esters is 1. The second-order valence-corrected chi connectivity index (χ2v) is 9.32. The van der Waals surface area contributed by atoms with Gasteiger partial charge >= 0.3 is 5.97 Å². The molecule has 1 amide bonds. The Morgan fingerprint density at radius 2 is 2.09 bits per heavy atom. The topological polar surface area (TPSA) is 109 Å². The number of phenolic OH excluding ortho intramolecular Hbond substituents is 2. The van der Waals surface area contributed by atoms with Crippen LogP contribution < -0.4 is 0 Å². The van der Waals surface area contributed by atoms with Crippen molar-refractivity contribution in [3.63, 3.8) is 0 Å². The lowest BCUT2D eigenvalue weighted by Gasteiger charge is -2.17. The average Bonchev–Trinajstić information content (AvgIpc) is 3.52. The zero-order valence-electron chi connectivity index (χ0n) is 20.2. The Kier molecular flexibility index (Phi) is 9.60. The molecule has 1 aromatic carbocycles. The number of carbonyl (C=O) groups excluding carboxylic acids is 2. The lowest BCUT2D eigenvalue weighted by molar-refractivity contribution is -0.128. The first-order chi connectivity index (χ1) is 16.8. The molecule has 0 spiro atoms. The van der Waals surface area contributed by atoms with E-state index in [9.17, 15) is 19.8 Å². The number of nitrogens with zero attached hydrogens (tertiary/aromatic N) is 2. The van der Waals surface area contributed by atoms with Crippen LogP contribution in [-0.2, 0) is 20.8 Å². The van der Waals surface area contributed by atoms with Gasteiger partial charge in [-0.25, -0.2) is 4.79 Å². The standard InChI is InChI=1S/C26H33ClN2O6/c1-3-4-5-7-19(28-34-13-12-29-11-6-8-23(29)32)15-20-24(21(30)16-22(31)25(20)27)26(33)35-17(2)14-18-9-10-18/h3-5,7,16-18,30-31H,6,8-15H2,1-2H3/b4-3-,7-5+,28-19-/t17-/m1/s1. The molecule has 1 aromatic rings. The largest absolute Gasteiger partial charge is 0.507 e. The van der Waals surface area contributed by atoms with Crippen molar-refractivity contribution in [1.82, 2.24) is 4.90 Å². The van der Waals surface area contributed by atoms with E-state index in [0.717, 1.165) is 31.7 Å². The summed E-state index contributed by atoms with van der Waals surface area (Å²) in [6.45, 7) is 5.03. The maximum Gasteiger partial charge on any atom is 0.342 e. The van der Waals surface area contributed by atoms with Gasteiger partial charge in [0.25, 0.3) is 0 Å². The zero-order valence-corrected chi connectivity index (χ0v) is 21.0. The Morgan fingerprint density at radius 1 is 1.31 bits per heavy atom. The number of benzene rings is 1. The van der Waals surface area contributed by atoms with Crippen molar-refractivity contribution in [3.8, 4) is 11.5 Å². The molecule has 2 aliphatic rings. The fourth-order valence-corrected chi connectivity index (χ4v) is 4.21. The molecule has 190 valence electrons. The lowest BCUT2D eigenvalue weighted by atomic mass is 9.99. The summed E-state index contributed by atoms with van der Waals surface area (Å²) in [5, 5.41) is 24.8. The molecule has 9 heteroatoms. The molecule has 2 fully saturated rings. The highest BCUT2D eigenvalue weighted by Gasteiger charge is 2.29. The van der Waals surface area contributed by atoms with Crippen molar-refractivity contribution in [3.05, 3.63) is 46.5 Å². The summed E-state index contributed by atoms with van der Waals surface area (Å²) in [5.41, 5.74) is 0.489. The predicted molar refractivity (Wildman–Crippen MR) is 134 cm³/mol. The Labute approximate surface area is 210 Å². The Hall–Kier alpha value is -3.00. The Balaban J connectivity index is 1.79. The smallest absolute Gasteiger partial charge is 0.342 e. The second-order valence-electron chi connectivity index (χ2n) is 8.94. The van der Waals surface area contributed by atoms with E-state index >= 15 is 0 Å². The summed E-state index contributed by atoms with van der Waals surface area (Å²) >= 11 is 6.37. The van der Waals surface area contributed by atoms with Crippen LogP contribution >= 0.6 is 11.6 Å². The quantitative estimate of drug-likeness (QED) is 0.139. The molecule has 0 radical (unpaired) electrons. The van der Waals surface area contributed by atoms with E-state index in [0.29, 0.717) is 31.1 Å². The average molecular weight is 505 g/mol. The summed E-state index contributed by atoms with van der Waals surface area (Å²) < 4.78 is 5.57. The number of ether oxygens (including phenoxy) is 1. The van der Waals surface area contributed by atoms with Gasteiger partial charge in [-0.1, -0.05) is 47.8 Å². The molecule has 1 saturated heterocycles. The third kappa shape index (κ3) is 7.75. The molecule has 3 rings (SSSR count). The zero-order chi connectivity index (χ0) is 25.4. The van der Waals surface area contributed by atoms with Crippen LogP contribution in [0.1, 0.15) is 61.9 Å². The minimum Gasteiger partial charge on any atom is -0.507 e. The first kappa shape index (κ1) is 26.6. The minimum atomic E-state index is -0.710. The van der Waals surface area contributed by atoms with Crippen molar-refractivity contribution in [2.24, 2.45) is 11.1 Å². The number of allylic oxidation sites excluding steroid dienone is 4. The number of halogens is 1. The first-order valence-electron chi connectivity index (χ1n) is 12.0. The molecule has 35 heavy (non-hydrogen) atoms. The molecule has 1 aliphatic carbocycles. The van der Waals surface area contributed by atoms with Crippen molar-refractivity contribution in [1.29, 1.82) is 0 Å². The van der Waals surface area contributed by atoms with Gasteiger partial charge in [-0.15, -0.1) is 0 Å². The van der Waals surface area contributed by atoms with E-state index < -0.39 is 11.7 Å². The van der Waals surface area contributed by atoms with Gasteiger partial charge in [0, 0.05) is 25.5 Å². The number of amides is 1. The van der Waals surface area contributed by atoms with E-state index in [2.05, 4.69) is 5.16 Å². The van der Waals surface area contributed by atoms with E-state index in [4.69, 9.17) is 21.2 Å². The number of hydrogen-bond acceptors (Lipinski definition) is 7. The van der Waals surface area contributed by atoms with Crippen molar-refractivity contribution in [2.45, 2.75) is 58.5 Å². The third-order valence-corrected chi connectivity index (χ3v) is 6.37. The van der Waals surface area contributed by atoms with Gasteiger partial charge in [-0.05, 0) is 44.2 Å². The van der Waals surface area contributed by atoms with Gasteiger partial charge in [0.1, 0.15) is 23.7 Å². The molecule has 1 heterocycles. The fourth-order valence-electron chi connectivity index (χ4n) is 3.99. The first-order valence-corrected chi connectivity index (χ1v) is 12.4. The molecule has 1 saturated carbocycles. The van der Waals surface area contributed by atoms with E-state index in [1.54, 1.807) is 23.1 Å². The summed E-state index contributed by atoms with van der Waals surface area (Å²) in [7, 11) is 0. The number of phenols is 2. The van der Waals surface area contributed by atoms with E-state index in [1.807, 2.05) is 19.9 Å². The van der Waals surface area contributed by atoms with Crippen molar-refractivity contribution in [2.75, 3.05) is 19.7 Å². The van der Waals surface area contributed by atoms with Crippen LogP contribution in [0.15, 0.2) is 35.5 Å². The lowest BCUT2D eigenvalue weighted by Crippen LogP contribution is -2.28. The molecule has 0 bridgehead atoms. The molecule has 2 N–H and O–H groups in total. The van der Waals surface area contributed by atoms with Gasteiger partial charge < -0.3 is 24.7 Å². The van der Waals surface area contributed by atoms with Gasteiger partial charge in [-0.3, -0.25) is 4.79 Å². The Bertz CT molecular complexity index is 1020. The number of carbonyl (C=O) groups is 2. The van der Waals surface area contributed by atoms with Gasteiger partial charge in [-0.2, -0.15) is 0 Å². The highest BCUT2D eigenvalue weighted by molar-refractivity contribution is 6.33. The van der Waals surface area contributed by atoms with Crippen LogP contribution in [-0.4, -0.2) is 58.5 Å². The Morgan fingerprint density at radius 3 is 2.74 bits per heavy atom. The maximum absolute atomic E-state index is 13.0. The highest BCUT2D eigenvalue weighted by Crippen LogP contribution is 2.38. The SMILES string of the molecule is C\C=C/C=C/C(Cc1c(Cl)c(O)cc(O)c1C(=O)O[C@H](C)CC1CC1)=N/OCCN1CCCC1=O. The second kappa shape index (κ2) is 12.6. The molecule has 0 aromatic heterocycles. The summed E-state index contributed by atoms with van der Waals surface area (Å²) in [5.74, 6) is -0.815. The summed E-state index contributed by atoms with van der Waals surface area (Å²) in [4.78, 5) is 31.9. The van der Waals surface area contributed by atoms with E-state index in [1.165, 1.54) is 0 Å². The van der Waals surface area contributed by atoms with Crippen LogP contribution in [0.2, 0.25) is 5.02 Å². The molecule has 0 unspecified atom stereocenters. The van der Waals surface area contributed by atoms with Gasteiger partial charge in [0.2, 0.25) is 5.91 Å². The molecule has 8 nitrogen and oxygen atoms in total. The van der Waals surface area contributed by atoms with Crippen LogP contribution in [0.25, 0.3) is 0 Å². The summed E-state index contributed by atoms with van der Waals surface area (Å²) in [6.07, 6.45) is 11.2. The fraction of sp³-hybridized carbons (Fsp3) is 0.500. The van der Waals surface area contributed by atoms with Crippen LogP contribution in [0.5, 0.6) is 11.5 Å². The van der Waals surface area contributed by atoms with Crippen LogP contribution in [0.3, 0.4) is 0 Å². The number of oxime groups is 1. The van der Waals surface area contributed by atoms with Gasteiger partial charge in [0.15, 0.2) is 0 Å². The molecular weight excluding hydrogens is 472 g/mol. The van der Waals surface area contributed by atoms with E-state index in [-0.39, 0.29) is 46.9 Å². The third-order valence-electron chi connectivity index (χ3n) is 5.95. The minimum absolute atomic E-state index is 0.00106. The number of aromatic hydroxyl groups is 2. The van der Waals surface area contributed by atoms with Crippen molar-refractivity contribution >= 4 is 29.2 Å².